The Bertz CT molecular complexity index is 888. The largest absolute Gasteiger partial charge is 0.491 e. The van der Waals surface area contributed by atoms with Gasteiger partial charge >= 0.3 is 0 Å². The van der Waals surface area contributed by atoms with Crippen molar-refractivity contribution in [2.75, 3.05) is 18.2 Å². The van der Waals surface area contributed by atoms with Crippen LogP contribution in [0, 0.1) is 0 Å². The average molecular weight is 416 g/mol. The summed E-state index contributed by atoms with van der Waals surface area (Å²) in [6.07, 6.45) is 0. The van der Waals surface area contributed by atoms with Crippen molar-refractivity contribution < 1.29 is 4.74 Å². The molecule has 0 bridgehead atoms. The summed E-state index contributed by atoms with van der Waals surface area (Å²) in [5.41, 5.74) is 0.628. The molecular weight excluding hydrogens is 403 g/mol. The maximum Gasteiger partial charge on any atom is 0.210 e. The van der Waals surface area contributed by atoms with E-state index in [9.17, 15) is 0 Å². The molecule has 0 aliphatic carbocycles. The highest BCUT2D eigenvalue weighted by atomic mass is 35.5. The number of nitrogens with zero attached hydrogens (tertiary/aromatic N) is 3. The van der Waals surface area contributed by atoms with E-state index in [2.05, 4.69) is 10.2 Å². The number of halogens is 3. The Morgan fingerprint density at radius 1 is 1.04 bits per heavy atom. The van der Waals surface area contributed by atoms with Crippen LogP contribution in [0.5, 0.6) is 5.75 Å². The second kappa shape index (κ2) is 8.19. The van der Waals surface area contributed by atoms with E-state index in [1.54, 1.807) is 24.3 Å². The molecule has 2 N–H and O–H groups in total. The van der Waals surface area contributed by atoms with E-state index in [4.69, 9.17) is 45.4 Å². The van der Waals surface area contributed by atoms with Crippen LogP contribution in [0.25, 0.3) is 11.4 Å². The molecule has 0 aliphatic rings. The van der Waals surface area contributed by atoms with Gasteiger partial charge in [0.15, 0.2) is 5.82 Å². The van der Waals surface area contributed by atoms with Gasteiger partial charge in [0.05, 0.1) is 16.7 Å². The van der Waals surface area contributed by atoms with Gasteiger partial charge in [0, 0.05) is 16.3 Å². The van der Waals surface area contributed by atoms with Gasteiger partial charge in [-0.25, -0.2) is 4.68 Å². The van der Waals surface area contributed by atoms with Gasteiger partial charge in [0.25, 0.3) is 0 Å². The molecule has 0 radical (unpaired) electrons. The van der Waals surface area contributed by atoms with Crippen LogP contribution in [0.3, 0.4) is 0 Å². The number of hydrogen-bond acceptors (Lipinski definition) is 5. The molecule has 3 rings (SSSR count). The molecule has 9 heteroatoms. The van der Waals surface area contributed by atoms with Crippen LogP contribution < -0.4 is 10.6 Å². The SMILES string of the molecule is Nn1c(SCCOc2ccccc2Cl)nnc1-c1cc(Cl)ccc1Cl. The molecule has 3 aromatic rings. The van der Waals surface area contributed by atoms with Gasteiger partial charge in [0.2, 0.25) is 5.16 Å². The van der Waals surface area contributed by atoms with Gasteiger partial charge in [-0.1, -0.05) is 58.7 Å². The van der Waals surface area contributed by atoms with E-state index in [0.29, 0.717) is 49.7 Å². The highest BCUT2D eigenvalue weighted by molar-refractivity contribution is 7.99. The van der Waals surface area contributed by atoms with E-state index in [1.165, 1.54) is 16.4 Å². The van der Waals surface area contributed by atoms with Gasteiger partial charge in [-0.05, 0) is 30.3 Å². The Morgan fingerprint density at radius 3 is 2.64 bits per heavy atom. The van der Waals surface area contributed by atoms with Crippen molar-refractivity contribution >= 4 is 46.6 Å². The third kappa shape index (κ3) is 4.33. The number of aromatic nitrogens is 3. The van der Waals surface area contributed by atoms with Crippen LogP contribution in [-0.2, 0) is 0 Å². The second-order valence-electron chi connectivity index (χ2n) is 4.93. The molecule has 2 aromatic carbocycles. The number of para-hydroxylation sites is 1. The van der Waals surface area contributed by atoms with Crippen LogP contribution in [0.1, 0.15) is 0 Å². The molecule has 0 aliphatic heterocycles. The van der Waals surface area contributed by atoms with Crippen molar-refractivity contribution in [3.8, 4) is 17.1 Å². The van der Waals surface area contributed by atoms with Crippen LogP contribution in [0.15, 0.2) is 47.6 Å². The molecule has 0 spiro atoms. The number of nitrogen functional groups attached to an aromatic ring is 1. The number of rotatable bonds is 6. The Balaban J connectivity index is 1.64. The summed E-state index contributed by atoms with van der Waals surface area (Å²) in [7, 11) is 0. The van der Waals surface area contributed by atoms with Gasteiger partial charge in [-0.2, -0.15) is 0 Å². The minimum Gasteiger partial charge on any atom is -0.491 e. The molecule has 0 saturated carbocycles. The third-order valence-corrected chi connectivity index (χ3v) is 5.03. The first-order valence-electron chi connectivity index (χ1n) is 7.22. The van der Waals surface area contributed by atoms with Gasteiger partial charge in [-0.15, -0.1) is 10.2 Å². The van der Waals surface area contributed by atoms with Gasteiger partial charge in [-0.3, -0.25) is 0 Å². The quantitative estimate of drug-likeness (QED) is 0.356. The fourth-order valence-electron chi connectivity index (χ4n) is 2.07. The number of nitrogens with two attached hydrogens (primary N) is 1. The normalized spacial score (nSPS) is 10.8. The summed E-state index contributed by atoms with van der Waals surface area (Å²) in [6, 6.07) is 12.4. The molecule has 130 valence electrons. The van der Waals surface area contributed by atoms with Crippen LogP contribution in [0.2, 0.25) is 15.1 Å². The number of ether oxygens (including phenoxy) is 1. The number of hydrogen-bond donors (Lipinski definition) is 1. The van der Waals surface area contributed by atoms with E-state index in [0.717, 1.165) is 0 Å². The maximum atomic E-state index is 6.19. The summed E-state index contributed by atoms with van der Waals surface area (Å²) in [5, 5.41) is 10.4. The molecule has 1 heterocycles. The fourth-order valence-corrected chi connectivity index (χ4v) is 3.31. The molecule has 0 saturated heterocycles. The van der Waals surface area contributed by atoms with Crippen LogP contribution in [-0.4, -0.2) is 27.2 Å². The standard InChI is InChI=1S/C16H13Cl3N4OS/c17-10-5-6-12(18)11(9-10)15-21-22-16(23(15)20)25-8-7-24-14-4-2-1-3-13(14)19/h1-6,9H,7-8,20H2. The Hall–Kier alpha value is -1.60. The molecular formula is C16H13Cl3N4OS. The zero-order valence-corrected chi connectivity index (χ0v) is 15.9. The van der Waals surface area contributed by atoms with Crippen molar-refractivity contribution in [2.45, 2.75) is 5.16 Å². The fraction of sp³-hybridized carbons (Fsp3) is 0.125. The molecule has 1 aromatic heterocycles. The Kier molecular flexibility index (Phi) is 5.96. The third-order valence-electron chi connectivity index (χ3n) is 3.24. The minimum atomic E-state index is 0.446. The summed E-state index contributed by atoms with van der Waals surface area (Å²) in [6.45, 7) is 0.453. The first kappa shape index (κ1) is 18.2. The second-order valence-corrected chi connectivity index (χ2v) is 7.24. The molecule has 25 heavy (non-hydrogen) atoms. The highest BCUT2D eigenvalue weighted by Crippen LogP contribution is 2.30. The van der Waals surface area contributed by atoms with E-state index < -0.39 is 0 Å². The lowest BCUT2D eigenvalue weighted by molar-refractivity contribution is 0.344. The summed E-state index contributed by atoms with van der Waals surface area (Å²) >= 11 is 19.7. The van der Waals surface area contributed by atoms with Crippen molar-refractivity contribution in [1.82, 2.24) is 14.9 Å². The summed E-state index contributed by atoms with van der Waals surface area (Å²) in [5.74, 6) is 7.80. The summed E-state index contributed by atoms with van der Waals surface area (Å²) in [4.78, 5) is 0. The Morgan fingerprint density at radius 2 is 1.84 bits per heavy atom. The van der Waals surface area contributed by atoms with E-state index in [1.807, 2.05) is 18.2 Å². The van der Waals surface area contributed by atoms with E-state index in [-0.39, 0.29) is 0 Å². The first-order chi connectivity index (χ1) is 12.1. The molecule has 0 amide bonds. The molecule has 0 atom stereocenters. The minimum absolute atomic E-state index is 0.446. The highest BCUT2D eigenvalue weighted by Gasteiger charge is 2.15. The molecule has 0 fully saturated rings. The Labute approximate surface area is 164 Å². The first-order valence-corrected chi connectivity index (χ1v) is 9.34. The van der Waals surface area contributed by atoms with E-state index >= 15 is 0 Å². The predicted octanol–water partition coefficient (Wildman–Crippen LogP) is 4.79. The molecule has 0 unspecified atom stereocenters. The summed E-state index contributed by atoms with van der Waals surface area (Å²) < 4.78 is 7.02. The van der Waals surface area contributed by atoms with Gasteiger partial charge in [0.1, 0.15) is 5.75 Å². The lowest BCUT2D eigenvalue weighted by Crippen LogP contribution is -2.12. The maximum absolute atomic E-state index is 6.19. The topological polar surface area (TPSA) is 66.0 Å². The van der Waals surface area contributed by atoms with Crippen molar-refractivity contribution in [2.24, 2.45) is 0 Å². The van der Waals surface area contributed by atoms with Crippen molar-refractivity contribution in [1.29, 1.82) is 0 Å². The average Bonchev–Trinajstić information content (AvgIpc) is 2.96. The zero-order chi connectivity index (χ0) is 17.8. The zero-order valence-electron chi connectivity index (χ0n) is 12.8. The lowest BCUT2D eigenvalue weighted by atomic mass is 10.2. The smallest absolute Gasteiger partial charge is 0.210 e. The van der Waals surface area contributed by atoms with Crippen LogP contribution in [0.4, 0.5) is 0 Å². The van der Waals surface area contributed by atoms with Crippen molar-refractivity contribution in [3.63, 3.8) is 0 Å². The van der Waals surface area contributed by atoms with Crippen molar-refractivity contribution in [3.05, 3.63) is 57.5 Å². The monoisotopic (exact) mass is 414 g/mol. The number of thioether (sulfide) groups is 1. The van der Waals surface area contributed by atoms with Crippen LogP contribution >= 0.6 is 46.6 Å². The van der Waals surface area contributed by atoms with Gasteiger partial charge < -0.3 is 10.6 Å². The molecule has 5 nitrogen and oxygen atoms in total. The predicted molar refractivity (Wildman–Crippen MR) is 103 cm³/mol. The lowest BCUT2D eigenvalue weighted by Gasteiger charge is -2.08. The number of benzene rings is 2.